The number of rotatable bonds is 3. The van der Waals surface area contributed by atoms with Gasteiger partial charge < -0.3 is 5.32 Å². The van der Waals surface area contributed by atoms with Gasteiger partial charge in [-0.1, -0.05) is 39.1 Å². The summed E-state index contributed by atoms with van der Waals surface area (Å²) in [4.78, 5) is 11.7. The Kier molecular flexibility index (Phi) is 4.90. The zero-order valence-electron chi connectivity index (χ0n) is 8.06. The second kappa shape index (κ2) is 5.73. The molecular formula is C10H10BrCl2NO. The van der Waals surface area contributed by atoms with Crippen LogP contribution in [0.5, 0.6) is 0 Å². The zero-order chi connectivity index (χ0) is 11.4. The van der Waals surface area contributed by atoms with E-state index in [1.54, 1.807) is 18.2 Å². The van der Waals surface area contributed by atoms with Crippen molar-refractivity contribution in [1.29, 1.82) is 0 Å². The molecule has 0 radical (unpaired) electrons. The molecule has 0 spiro atoms. The van der Waals surface area contributed by atoms with Crippen molar-refractivity contribution >= 4 is 45.0 Å². The van der Waals surface area contributed by atoms with E-state index in [0.717, 1.165) is 0 Å². The lowest BCUT2D eigenvalue weighted by Crippen LogP contribution is -2.33. The first-order chi connectivity index (χ1) is 7.04. The Morgan fingerprint density at radius 1 is 1.53 bits per heavy atom. The number of carbonyl (C=O) groups excluding carboxylic acids is 1. The summed E-state index contributed by atoms with van der Waals surface area (Å²) >= 11 is 14.9. The van der Waals surface area contributed by atoms with Gasteiger partial charge in [-0.25, -0.2) is 0 Å². The molecule has 0 aromatic heterocycles. The third-order valence-corrected chi connectivity index (χ3v) is 3.30. The van der Waals surface area contributed by atoms with E-state index in [-0.39, 0.29) is 11.9 Å². The van der Waals surface area contributed by atoms with Crippen molar-refractivity contribution in [2.45, 2.75) is 13.0 Å². The number of halogens is 3. The number of carbonyl (C=O) groups is 1. The van der Waals surface area contributed by atoms with Crippen molar-refractivity contribution < 1.29 is 4.79 Å². The average Bonchev–Trinajstić information content (AvgIpc) is 2.17. The number of hydrogen-bond acceptors (Lipinski definition) is 1. The van der Waals surface area contributed by atoms with Crippen molar-refractivity contribution in [1.82, 2.24) is 5.32 Å². The summed E-state index contributed by atoms with van der Waals surface area (Å²) < 4.78 is 0. The van der Waals surface area contributed by atoms with Gasteiger partial charge in [-0.15, -0.1) is 0 Å². The van der Waals surface area contributed by atoms with Gasteiger partial charge in [0.05, 0.1) is 10.6 Å². The van der Waals surface area contributed by atoms with E-state index in [4.69, 9.17) is 23.2 Å². The maximum Gasteiger partial charge on any atom is 0.253 e. The molecule has 0 saturated carbocycles. The van der Waals surface area contributed by atoms with Crippen LogP contribution < -0.4 is 5.32 Å². The third kappa shape index (κ3) is 3.67. The normalized spacial score (nSPS) is 12.3. The molecule has 1 amide bonds. The van der Waals surface area contributed by atoms with Gasteiger partial charge >= 0.3 is 0 Å². The summed E-state index contributed by atoms with van der Waals surface area (Å²) in [5.74, 6) is -0.191. The third-order valence-electron chi connectivity index (χ3n) is 1.78. The van der Waals surface area contributed by atoms with Gasteiger partial charge in [-0.2, -0.15) is 0 Å². The van der Waals surface area contributed by atoms with Crippen molar-refractivity contribution in [3.8, 4) is 0 Å². The smallest absolute Gasteiger partial charge is 0.253 e. The predicted octanol–water partition coefficient (Wildman–Crippen LogP) is 3.51. The second-order valence-corrected chi connectivity index (χ2v) is 4.64. The predicted molar refractivity (Wildman–Crippen MR) is 67.2 cm³/mol. The highest BCUT2D eigenvalue weighted by Gasteiger charge is 2.12. The van der Waals surface area contributed by atoms with Crippen LogP contribution in [0.25, 0.3) is 0 Å². The molecule has 0 bridgehead atoms. The van der Waals surface area contributed by atoms with Crippen molar-refractivity contribution in [2.24, 2.45) is 0 Å². The molecule has 0 saturated heterocycles. The Morgan fingerprint density at radius 2 is 2.20 bits per heavy atom. The van der Waals surface area contributed by atoms with Crippen LogP contribution in [0, 0.1) is 0 Å². The van der Waals surface area contributed by atoms with Crippen LogP contribution in [0.3, 0.4) is 0 Å². The maximum atomic E-state index is 11.7. The van der Waals surface area contributed by atoms with E-state index in [1.807, 2.05) is 6.92 Å². The molecule has 82 valence electrons. The van der Waals surface area contributed by atoms with E-state index >= 15 is 0 Å². The fourth-order valence-corrected chi connectivity index (χ4v) is 1.67. The molecule has 0 aliphatic heterocycles. The van der Waals surface area contributed by atoms with Gasteiger partial charge in [0, 0.05) is 16.4 Å². The van der Waals surface area contributed by atoms with Gasteiger partial charge in [-0.05, 0) is 25.1 Å². The molecule has 0 fully saturated rings. The summed E-state index contributed by atoms with van der Waals surface area (Å²) in [6.45, 7) is 1.90. The van der Waals surface area contributed by atoms with Gasteiger partial charge in [0.15, 0.2) is 0 Å². The van der Waals surface area contributed by atoms with E-state index in [9.17, 15) is 4.79 Å². The molecule has 0 aliphatic carbocycles. The number of alkyl halides is 1. The van der Waals surface area contributed by atoms with Gasteiger partial charge in [-0.3, -0.25) is 4.79 Å². The van der Waals surface area contributed by atoms with E-state index in [2.05, 4.69) is 21.2 Å². The number of benzene rings is 1. The van der Waals surface area contributed by atoms with E-state index in [1.165, 1.54) is 0 Å². The second-order valence-electron chi connectivity index (χ2n) is 3.15. The largest absolute Gasteiger partial charge is 0.349 e. The first kappa shape index (κ1) is 12.8. The van der Waals surface area contributed by atoms with Crippen LogP contribution in [0.1, 0.15) is 17.3 Å². The topological polar surface area (TPSA) is 29.1 Å². The fourth-order valence-electron chi connectivity index (χ4n) is 1.01. The van der Waals surface area contributed by atoms with E-state index in [0.29, 0.717) is 20.9 Å². The molecule has 2 nitrogen and oxygen atoms in total. The lowest BCUT2D eigenvalue weighted by Gasteiger charge is -2.11. The molecular weight excluding hydrogens is 301 g/mol. The van der Waals surface area contributed by atoms with Gasteiger partial charge in [0.2, 0.25) is 0 Å². The minimum atomic E-state index is -0.191. The monoisotopic (exact) mass is 309 g/mol. The molecule has 15 heavy (non-hydrogen) atoms. The maximum absolute atomic E-state index is 11.7. The van der Waals surface area contributed by atoms with Crippen LogP contribution in [0.4, 0.5) is 0 Å². The average molecular weight is 311 g/mol. The summed E-state index contributed by atoms with van der Waals surface area (Å²) in [6, 6.07) is 4.86. The summed E-state index contributed by atoms with van der Waals surface area (Å²) in [6.07, 6.45) is 0. The van der Waals surface area contributed by atoms with Crippen LogP contribution in [-0.2, 0) is 0 Å². The Bertz CT molecular complexity index is 370. The highest BCUT2D eigenvalue weighted by atomic mass is 79.9. The Balaban J connectivity index is 2.82. The molecule has 1 unspecified atom stereocenters. The quantitative estimate of drug-likeness (QED) is 0.851. The standard InChI is InChI=1S/C10H10BrCl2NO/c1-6(5-11)14-10(15)8-3-2-7(12)4-9(8)13/h2-4,6H,5H2,1H3,(H,14,15). The summed E-state index contributed by atoms with van der Waals surface area (Å²) in [5, 5.41) is 4.37. The summed E-state index contributed by atoms with van der Waals surface area (Å²) in [7, 11) is 0. The van der Waals surface area contributed by atoms with Crippen LogP contribution in [-0.4, -0.2) is 17.3 Å². The first-order valence-electron chi connectivity index (χ1n) is 4.36. The van der Waals surface area contributed by atoms with Gasteiger partial charge in [0.25, 0.3) is 5.91 Å². The molecule has 1 aromatic carbocycles. The highest BCUT2D eigenvalue weighted by molar-refractivity contribution is 9.09. The van der Waals surface area contributed by atoms with Crippen LogP contribution in [0.15, 0.2) is 18.2 Å². The summed E-state index contributed by atoms with van der Waals surface area (Å²) in [5.41, 5.74) is 0.439. The molecule has 5 heteroatoms. The molecule has 1 aromatic rings. The molecule has 1 rings (SSSR count). The zero-order valence-corrected chi connectivity index (χ0v) is 11.2. The van der Waals surface area contributed by atoms with Gasteiger partial charge in [0.1, 0.15) is 0 Å². The van der Waals surface area contributed by atoms with Crippen molar-refractivity contribution in [2.75, 3.05) is 5.33 Å². The fraction of sp³-hybridized carbons (Fsp3) is 0.300. The molecule has 1 atom stereocenters. The first-order valence-corrected chi connectivity index (χ1v) is 6.24. The highest BCUT2D eigenvalue weighted by Crippen LogP contribution is 2.20. The lowest BCUT2D eigenvalue weighted by atomic mass is 10.2. The number of amides is 1. The number of nitrogens with one attached hydrogen (secondary N) is 1. The SMILES string of the molecule is CC(CBr)NC(=O)c1ccc(Cl)cc1Cl. The van der Waals surface area contributed by atoms with Crippen LogP contribution >= 0.6 is 39.1 Å². The van der Waals surface area contributed by atoms with Crippen molar-refractivity contribution in [3.63, 3.8) is 0 Å². The van der Waals surface area contributed by atoms with Crippen LogP contribution in [0.2, 0.25) is 10.0 Å². The Labute approximate surface area is 107 Å². The Morgan fingerprint density at radius 3 is 2.73 bits per heavy atom. The minimum absolute atomic E-state index is 0.0595. The van der Waals surface area contributed by atoms with Crippen molar-refractivity contribution in [3.05, 3.63) is 33.8 Å². The molecule has 0 aliphatic rings. The Hall–Kier alpha value is -0.250. The molecule has 0 heterocycles. The van der Waals surface area contributed by atoms with E-state index < -0.39 is 0 Å². The number of hydrogen-bond donors (Lipinski definition) is 1. The molecule has 1 N–H and O–H groups in total. The minimum Gasteiger partial charge on any atom is -0.349 e. The lowest BCUT2D eigenvalue weighted by molar-refractivity contribution is 0.0944.